The lowest BCUT2D eigenvalue weighted by atomic mass is 9.85. The largest absolute Gasteiger partial charge is 0.381 e. The summed E-state index contributed by atoms with van der Waals surface area (Å²) < 4.78 is 0. The molecule has 0 radical (unpaired) electrons. The second-order valence-corrected chi connectivity index (χ2v) is 8.36. The van der Waals surface area contributed by atoms with E-state index in [4.69, 9.17) is 16.9 Å². The molecule has 0 aromatic heterocycles. The van der Waals surface area contributed by atoms with Crippen molar-refractivity contribution < 1.29 is 4.79 Å². The molecule has 3 rings (SSSR count). The molecule has 1 heterocycles. The van der Waals surface area contributed by atoms with Crippen molar-refractivity contribution in [2.24, 2.45) is 5.92 Å². The highest BCUT2D eigenvalue weighted by molar-refractivity contribution is 6.33. The van der Waals surface area contributed by atoms with E-state index < -0.39 is 0 Å². The van der Waals surface area contributed by atoms with Gasteiger partial charge in [0.05, 0.1) is 22.3 Å². The van der Waals surface area contributed by atoms with Crippen LogP contribution in [0.1, 0.15) is 45.1 Å². The van der Waals surface area contributed by atoms with Crippen molar-refractivity contribution in [1.29, 1.82) is 5.26 Å². The number of carbonyl (C=O) groups excluding carboxylic acids is 1. The first kappa shape index (κ1) is 20.0. The highest BCUT2D eigenvalue weighted by Crippen LogP contribution is 2.31. The Labute approximate surface area is 167 Å². The monoisotopic (exact) mass is 388 g/mol. The summed E-state index contributed by atoms with van der Waals surface area (Å²) in [6, 6.07) is 8.32. The average Bonchev–Trinajstić information content (AvgIpc) is 2.69. The van der Waals surface area contributed by atoms with E-state index in [-0.39, 0.29) is 5.92 Å². The zero-order valence-electron chi connectivity index (χ0n) is 16.2. The van der Waals surface area contributed by atoms with Crippen LogP contribution in [0, 0.1) is 17.2 Å². The topological polar surface area (TPSA) is 59.4 Å². The number of nitrogens with zero attached hydrogens (tertiary/aromatic N) is 3. The predicted molar refractivity (Wildman–Crippen MR) is 109 cm³/mol. The zero-order valence-corrected chi connectivity index (χ0v) is 17.0. The van der Waals surface area contributed by atoms with Crippen LogP contribution in [-0.2, 0) is 4.79 Å². The Bertz CT molecular complexity index is 699. The first-order chi connectivity index (χ1) is 13.0. The van der Waals surface area contributed by atoms with E-state index in [1.165, 1.54) is 0 Å². The fraction of sp³-hybridized carbons (Fsp3) is 0.619. The number of nitrogens with one attached hydrogen (secondary N) is 1. The molecule has 1 saturated carbocycles. The number of hydrogen-bond donors (Lipinski definition) is 1. The SMILES string of the molecule is CC(C)N1CCN(C(=O)C2CCC(Nc3ccc(C#N)cc3Cl)CC2)CC1. The van der Waals surface area contributed by atoms with E-state index in [2.05, 4.69) is 35.0 Å². The Morgan fingerprint density at radius 3 is 2.41 bits per heavy atom. The van der Waals surface area contributed by atoms with Crippen molar-refractivity contribution >= 4 is 23.2 Å². The van der Waals surface area contributed by atoms with Crippen LogP contribution in [0.25, 0.3) is 0 Å². The van der Waals surface area contributed by atoms with Gasteiger partial charge in [0, 0.05) is 44.2 Å². The van der Waals surface area contributed by atoms with Crippen LogP contribution in [0.5, 0.6) is 0 Å². The van der Waals surface area contributed by atoms with E-state index in [0.29, 0.717) is 28.6 Å². The van der Waals surface area contributed by atoms with Crippen LogP contribution in [0.2, 0.25) is 5.02 Å². The Balaban J connectivity index is 1.48. The van der Waals surface area contributed by atoms with Crippen LogP contribution in [0.15, 0.2) is 18.2 Å². The molecule has 1 N–H and O–H groups in total. The Kier molecular flexibility index (Phi) is 6.62. The molecular formula is C21H29ClN4O. The molecule has 1 aromatic carbocycles. The molecule has 0 atom stereocenters. The molecule has 1 aliphatic carbocycles. The number of carbonyl (C=O) groups is 1. The lowest BCUT2D eigenvalue weighted by Crippen LogP contribution is -2.52. The first-order valence-corrected chi connectivity index (χ1v) is 10.3. The van der Waals surface area contributed by atoms with E-state index in [0.717, 1.165) is 57.5 Å². The maximum atomic E-state index is 12.9. The fourth-order valence-corrected chi connectivity index (χ4v) is 4.36. The van der Waals surface area contributed by atoms with Crippen molar-refractivity contribution in [2.75, 3.05) is 31.5 Å². The summed E-state index contributed by atoms with van der Waals surface area (Å²) in [6.07, 6.45) is 3.79. The van der Waals surface area contributed by atoms with Gasteiger partial charge in [0.1, 0.15) is 0 Å². The van der Waals surface area contributed by atoms with Crippen LogP contribution >= 0.6 is 11.6 Å². The second kappa shape index (κ2) is 8.95. The van der Waals surface area contributed by atoms with Gasteiger partial charge in [-0.1, -0.05) is 11.6 Å². The van der Waals surface area contributed by atoms with Crippen molar-refractivity contribution in [1.82, 2.24) is 9.80 Å². The van der Waals surface area contributed by atoms with Gasteiger partial charge in [0.2, 0.25) is 5.91 Å². The van der Waals surface area contributed by atoms with Gasteiger partial charge >= 0.3 is 0 Å². The van der Waals surface area contributed by atoms with Gasteiger partial charge in [-0.3, -0.25) is 9.69 Å². The summed E-state index contributed by atoms with van der Waals surface area (Å²) in [6.45, 7) is 8.11. The van der Waals surface area contributed by atoms with Crippen molar-refractivity contribution in [3.8, 4) is 6.07 Å². The number of amides is 1. The van der Waals surface area contributed by atoms with Gasteiger partial charge < -0.3 is 10.2 Å². The first-order valence-electron chi connectivity index (χ1n) is 9.97. The number of halogens is 1. The molecule has 5 nitrogen and oxygen atoms in total. The van der Waals surface area contributed by atoms with Crippen molar-refractivity contribution in [3.05, 3.63) is 28.8 Å². The molecule has 27 heavy (non-hydrogen) atoms. The normalized spacial score (nSPS) is 23.9. The molecule has 1 aromatic rings. The minimum Gasteiger partial charge on any atom is -0.381 e. The van der Waals surface area contributed by atoms with E-state index in [9.17, 15) is 4.79 Å². The molecule has 6 heteroatoms. The summed E-state index contributed by atoms with van der Waals surface area (Å²) in [7, 11) is 0. The van der Waals surface area contributed by atoms with Crippen molar-refractivity contribution in [2.45, 2.75) is 51.6 Å². The Morgan fingerprint density at radius 1 is 1.19 bits per heavy atom. The molecule has 0 bridgehead atoms. The summed E-state index contributed by atoms with van der Waals surface area (Å²) in [5, 5.41) is 13.0. The van der Waals surface area contributed by atoms with E-state index >= 15 is 0 Å². The van der Waals surface area contributed by atoms with Gasteiger partial charge in [-0.2, -0.15) is 5.26 Å². The van der Waals surface area contributed by atoms with Gasteiger partial charge in [0.15, 0.2) is 0 Å². The van der Waals surface area contributed by atoms with Crippen LogP contribution in [-0.4, -0.2) is 54.0 Å². The number of rotatable bonds is 4. The summed E-state index contributed by atoms with van der Waals surface area (Å²) in [5.41, 5.74) is 1.44. The molecule has 1 amide bonds. The molecule has 0 spiro atoms. The number of nitriles is 1. The molecule has 2 fully saturated rings. The summed E-state index contributed by atoms with van der Waals surface area (Å²) in [5.74, 6) is 0.498. The van der Waals surface area contributed by atoms with E-state index in [1.807, 2.05) is 6.07 Å². The van der Waals surface area contributed by atoms with Gasteiger partial charge in [0.25, 0.3) is 0 Å². The maximum Gasteiger partial charge on any atom is 0.225 e. The lowest BCUT2D eigenvalue weighted by molar-refractivity contribution is -0.138. The number of piperazine rings is 1. The third-order valence-corrected chi connectivity index (χ3v) is 6.20. The lowest BCUT2D eigenvalue weighted by Gasteiger charge is -2.39. The number of hydrogen-bond acceptors (Lipinski definition) is 4. The second-order valence-electron chi connectivity index (χ2n) is 7.95. The van der Waals surface area contributed by atoms with Crippen LogP contribution < -0.4 is 5.32 Å². The van der Waals surface area contributed by atoms with E-state index in [1.54, 1.807) is 12.1 Å². The number of anilines is 1. The standard InChI is InChI=1S/C21H29ClN4O/c1-15(2)25-9-11-26(12-10-25)21(27)17-4-6-18(7-5-17)24-20-8-3-16(14-23)13-19(20)22/h3,8,13,15,17-18,24H,4-7,9-12H2,1-2H3. The molecule has 0 unspecified atom stereocenters. The number of benzene rings is 1. The molecular weight excluding hydrogens is 360 g/mol. The summed E-state index contributed by atoms with van der Waals surface area (Å²) in [4.78, 5) is 17.4. The van der Waals surface area contributed by atoms with Gasteiger partial charge in [-0.25, -0.2) is 0 Å². The van der Waals surface area contributed by atoms with Crippen molar-refractivity contribution in [3.63, 3.8) is 0 Å². The molecule has 146 valence electrons. The van der Waals surface area contributed by atoms with Crippen LogP contribution in [0.3, 0.4) is 0 Å². The van der Waals surface area contributed by atoms with Gasteiger partial charge in [-0.05, 0) is 57.7 Å². The predicted octanol–water partition coefficient (Wildman–Crippen LogP) is 3.73. The average molecular weight is 389 g/mol. The highest BCUT2D eigenvalue weighted by Gasteiger charge is 2.31. The zero-order chi connectivity index (χ0) is 19.4. The minimum absolute atomic E-state index is 0.157. The third kappa shape index (κ3) is 4.94. The minimum atomic E-state index is 0.157. The smallest absolute Gasteiger partial charge is 0.225 e. The molecule has 1 aliphatic heterocycles. The third-order valence-electron chi connectivity index (χ3n) is 5.89. The van der Waals surface area contributed by atoms with Crippen LogP contribution in [0.4, 0.5) is 5.69 Å². The Hall–Kier alpha value is -1.77. The Morgan fingerprint density at radius 2 is 1.85 bits per heavy atom. The summed E-state index contributed by atoms with van der Waals surface area (Å²) >= 11 is 6.26. The molecule has 2 aliphatic rings. The fourth-order valence-electron chi connectivity index (χ4n) is 4.12. The highest BCUT2D eigenvalue weighted by atomic mass is 35.5. The molecule has 1 saturated heterocycles. The quantitative estimate of drug-likeness (QED) is 0.853. The maximum absolute atomic E-state index is 12.9. The van der Waals surface area contributed by atoms with Gasteiger partial charge in [-0.15, -0.1) is 0 Å².